The molecule has 1 saturated carbocycles. The number of aliphatic hydroxyl groups is 1. The quantitative estimate of drug-likeness (QED) is 0.857. The lowest BCUT2D eigenvalue weighted by atomic mass is 9.80. The number of thiazole rings is 1. The molecule has 0 radical (unpaired) electrons. The molecule has 0 spiro atoms. The Morgan fingerprint density at radius 3 is 2.56 bits per heavy atom. The lowest BCUT2D eigenvalue weighted by molar-refractivity contribution is 0.284. The molecular weight excluding hydrogens is 242 g/mol. The van der Waals surface area contributed by atoms with E-state index in [0.717, 1.165) is 16.5 Å². The Labute approximate surface area is 114 Å². The van der Waals surface area contributed by atoms with Gasteiger partial charge in [-0.1, -0.05) is 26.2 Å². The van der Waals surface area contributed by atoms with Gasteiger partial charge in [0.25, 0.3) is 0 Å². The summed E-state index contributed by atoms with van der Waals surface area (Å²) in [5.41, 5.74) is 1.03. The summed E-state index contributed by atoms with van der Waals surface area (Å²) in [5, 5.41) is 10.5. The zero-order chi connectivity index (χ0) is 13.0. The van der Waals surface area contributed by atoms with Crippen LogP contribution < -0.4 is 0 Å². The molecule has 0 aromatic carbocycles. The monoisotopic (exact) mass is 267 g/mol. The molecular formula is C15H25NOS. The number of aliphatic hydroxyl groups excluding tert-OH is 1. The molecule has 2 nitrogen and oxygen atoms in total. The first-order chi connectivity index (χ1) is 8.74. The van der Waals surface area contributed by atoms with Gasteiger partial charge in [0, 0.05) is 5.92 Å². The van der Waals surface area contributed by atoms with Gasteiger partial charge in [-0.3, -0.25) is 0 Å². The normalized spacial score (nSPS) is 24.4. The lowest BCUT2D eigenvalue weighted by Crippen LogP contribution is -2.13. The van der Waals surface area contributed by atoms with Crippen molar-refractivity contribution in [3.8, 4) is 0 Å². The smallest absolute Gasteiger partial charge is 0.0962 e. The average molecular weight is 267 g/mol. The second kappa shape index (κ2) is 6.67. The van der Waals surface area contributed by atoms with Crippen molar-refractivity contribution in [2.24, 2.45) is 5.92 Å². The molecule has 1 heterocycles. The van der Waals surface area contributed by atoms with Crippen molar-refractivity contribution in [2.45, 2.75) is 71.3 Å². The SMILES string of the molecule is CCCCC1CCC(c2nc(C)c(CO)s2)CC1. The lowest BCUT2D eigenvalue weighted by Gasteiger charge is -2.27. The number of aryl methyl sites for hydroxylation is 1. The Morgan fingerprint density at radius 2 is 2.00 bits per heavy atom. The van der Waals surface area contributed by atoms with E-state index in [1.807, 2.05) is 6.92 Å². The summed E-state index contributed by atoms with van der Waals surface area (Å²) in [6.45, 7) is 4.44. The number of nitrogens with zero attached hydrogens (tertiary/aromatic N) is 1. The maximum Gasteiger partial charge on any atom is 0.0962 e. The van der Waals surface area contributed by atoms with Crippen LogP contribution in [0.2, 0.25) is 0 Å². The number of hydrogen-bond acceptors (Lipinski definition) is 3. The Bertz CT molecular complexity index is 367. The second-order valence-corrected chi connectivity index (χ2v) is 6.69. The molecule has 1 aromatic rings. The molecule has 3 heteroatoms. The topological polar surface area (TPSA) is 33.1 Å². The van der Waals surface area contributed by atoms with Gasteiger partial charge in [-0.15, -0.1) is 11.3 Å². The van der Waals surface area contributed by atoms with Crippen molar-refractivity contribution in [3.63, 3.8) is 0 Å². The fourth-order valence-corrected chi connectivity index (χ4v) is 4.06. The minimum Gasteiger partial charge on any atom is -0.391 e. The van der Waals surface area contributed by atoms with Gasteiger partial charge in [0.15, 0.2) is 0 Å². The van der Waals surface area contributed by atoms with Crippen molar-refractivity contribution in [1.29, 1.82) is 0 Å². The van der Waals surface area contributed by atoms with E-state index in [2.05, 4.69) is 11.9 Å². The first kappa shape index (κ1) is 14.0. The molecule has 1 aliphatic rings. The van der Waals surface area contributed by atoms with E-state index in [4.69, 9.17) is 0 Å². The van der Waals surface area contributed by atoms with Crippen LogP contribution in [0.1, 0.15) is 73.4 Å². The number of aromatic nitrogens is 1. The standard InChI is InChI=1S/C15H25NOS/c1-3-4-5-12-6-8-13(9-7-12)15-16-11(2)14(10-17)18-15/h12-13,17H,3-10H2,1-2H3. The molecule has 1 aliphatic carbocycles. The second-order valence-electron chi connectivity index (χ2n) is 5.58. The van der Waals surface area contributed by atoms with Gasteiger partial charge in [0.05, 0.1) is 22.2 Å². The molecule has 2 rings (SSSR count). The van der Waals surface area contributed by atoms with Crippen LogP contribution in [0.4, 0.5) is 0 Å². The summed E-state index contributed by atoms with van der Waals surface area (Å²) < 4.78 is 0. The summed E-state index contributed by atoms with van der Waals surface area (Å²) in [7, 11) is 0. The third-order valence-corrected chi connectivity index (χ3v) is 5.52. The fourth-order valence-electron chi connectivity index (χ4n) is 2.96. The summed E-state index contributed by atoms with van der Waals surface area (Å²) >= 11 is 1.72. The van der Waals surface area contributed by atoms with Gasteiger partial charge < -0.3 is 5.11 Å². The van der Waals surface area contributed by atoms with E-state index in [1.54, 1.807) is 11.3 Å². The van der Waals surface area contributed by atoms with Gasteiger partial charge in [0.1, 0.15) is 0 Å². The molecule has 0 amide bonds. The van der Waals surface area contributed by atoms with Crippen LogP contribution in [-0.2, 0) is 6.61 Å². The zero-order valence-corrected chi connectivity index (χ0v) is 12.4. The van der Waals surface area contributed by atoms with Crippen LogP contribution in [-0.4, -0.2) is 10.1 Å². The van der Waals surface area contributed by atoms with Crippen molar-refractivity contribution in [3.05, 3.63) is 15.6 Å². The third-order valence-electron chi connectivity index (χ3n) is 4.21. The van der Waals surface area contributed by atoms with E-state index in [0.29, 0.717) is 5.92 Å². The van der Waals surface area contributed by atoms with Crippen LogP contribution >= 0.6 is 11.3 Å². The van der Waals surface area contributed by atoms with Crippen LogP contribution in [0.15, 0.2) is 0 Å². The predicted octanol–water partition coefficient (Wildman–Crippen LogP) is 4.41. The molecule has 0 unspecified atom stereocenters. The minimum absolute atomic E-state index is 0.148. The van der Waals surface area contributed by atoms with Gasteiger partial charge in [-0.2, -0.15) is 0 Å². The van der Waals surface area contributed by atoms with E-state index >= 15 is 0 Å². The highest BCUT2D eigenvalue weighted by Crippen LogP contribution is 2.39. The summed E-state index contributed by atoms with van der Waals surface area (Å²) in [6, 6.07) is 0. The number of unbranched alkanes of at least 4 members (excludes halogenated alkanes) is 1. The van der Waals surface area contributed by atoms with Gasteiger partial charge in [0.2, 0.25) is 0 Å². The largest absolute Gasteiger partial charge is 0.391 e. The van der Waals surface area contributed by atoms with E-state index < -0.39 is 0 Å². The Hall–Kier alpha value is -0.410. The molecule has 0 saturated heterocycles. The molecule has 18 heavy (non-hydrogen) atoms. The molecule has 102 valence electrons. The van der Waals surface area contributed by atoms with E-state index in [-0.39, 0.29) is 6.61 Å². The van der Waals surface area contributed by atoms with Gasteiger partial charge >= 0.3 is 0 Å². The zero-order valence-electron chi connectivity index (χ0n) is 11.6. The minimum atomic E-state index is 0.148. The highest BCUT2D eigenvalue weighted by Gasteiger charge is 2.24. The maximum atomic E-state index is 9.24. The Morgan fingerprint density at radius 1 is 1.28 bits per heavy atom. The predicted molar refractivity (Wildman–Crippen MR) is 77.0 cm³/mol. The van der Waals surface area contributed by atoms with Gasteiger partial charge in [-0.25, -0.2) is 4.98 Å². The first-order valence-electron chi connectivity index (χ1n) is 7.31. The highest BCUT2D eigenvalue weighted by atomic mass is 32.1. The number of hydrogen-bond donors (Lipinski definition) is 1. The molecule has 0 atom stereocenters. The summed E-state index contributed by atoms with van der Waals surface area (Å²) in [6.07, 6.45) is 9.47. The fraction of sp³-hybridized carbons (Fsp3) is 0.800. The molecule has 1 aromatic heterocycles. The van der Waals surface area contributed by atoms with E-state index in [1.165, 1.54) is 50.0 Å². The average Bonchev–Trinajstić information content (AvgIpc) is 2.78. The van der Waals surface area contributed by atoms with Crippen LogP contribution in [0, 0.1) is 12.8 Å². The molecule has 1 fully saturated rings. The van der Waals surface area contributed by atoms with Crippen molar-refractivity contribution >= 4 is 11.3 Å². The summed E-state index contributed by atoms with van der Waals surface area (Å²) in [4.78, 5) is 5.70. The molecule has 0 aliphatic heterocycles. The van der Waals surface area contributed by atoms with Crippen LogP contribution in [0.3, 0.4) is 0 Å². The maximum absolute atomic E-state index is 9.24. The van der Waals surface area contributed by atoms with Crippen molar-refractivity contribution < 1.29 is 5.11 Å². The number of rotatable bonds is 5. The Balaban J connectivity index is 1.88. The Kier molecular flexibility index (Phi) is 5.19. The van der Waals surface area contributed by atoms with Crippen molar-refractivity contribution in [1.82, 2.24) is 4.98 Å². The van der Waals surface area contributed by atoms with Crippen molar-refractivity contribution in [2.75, 3.05) is 0 Å². The van der Waals surface area contributed by atoms with Crippen LogP contribution in [0.25, 0.3) is 0 Å². The third kappa shape index (κ3) is 3.33. The van der Waals surface area contributed by atoms with Gasteiger partial charge in [-0.05, 0) is 38.5 Å². The van der Waals surface area contributed by atoms with Crippen LogP contribution in [0.5, 0.6) is 0 Å². The molecule has 0 bridgehead atoms. The van der Waals surface area contributed by atoms with E-state index in [9.17, 15) is 5.11 Å². The molecule has 1 N–H and O–H groups in total. The highest BCUT2D eigenvalue weighted by molar-refractivity contribution is 7.11. The summed E-state index contributed by atoms with van der Waals surface area (Å²) in [5.74, 6) is 1.62. The first-order valence-corrected chi connectivity index (χ1v) is 8.13.